The highest BCUT2D eigenvalue weighted by Gasteiger charge is 2.30. The number of carboxylic acids is 1. The maximum atomic E-state index is 11.8. The molecule has 0 aliphatic carbocycles. The fourth-order valence-electron chi connectivity index (χ4n) is 5.83. The lowest BCUT2D eigenvalue weighted by molar-refractivity contribution is -0.142. The molecule has 0 saturated carbocycles. The monoisotopic (exact) mass is 592 g/mol. The molecule has 2 aromatic carbocycles. The van der Waals surface area contributed by atoms with Crippen molar-refractivity contribution in [3.8, 4) is 11.3 Å². The van der Waals surface area contributed by atoms with Crippen LogP contribution in [0.2, 0.25) is 0 Å². The van der Waals surface area contributed by atoms with Gasteiger partial charge in [-0.2, -0.15) is 13.5 Å². The third-order valence-corrected chi connectivity index (χ3v) is 7.96. The van der Waals surface area contributed by atoms with Crippen molar-refractivity contribution in [2.45, 2.75) is 44.8 Å². The summed E-state index contributed by atoms with van der Waals surface area (Å²) in [5.41, 5.74) is 12.3. The first-order valence-electron chi connectivity index (χ1n) is 14.7. The summed E-state index contributed by atoms with van der Waals surface area (Å²) in [6, 6.07) is 16.7. The molecule has 0 radical (unpaired) electrons. The van der Waals surface area contributed by atoms with Crippen LogP contribution in [0.4, 0.5) is 5.69 Å². The van der Waals surface area contributed by atoms with Crippen LogP contribution in [0.1, 0.15) is 41.8 Å². The molecule has 2 fully saturated rings. The number of carbonyl (C=O) groups is 1. The van der Waals surface area contributed by atoms with Crippen LogP contribution in [-0.2, 0) is 29.0 Å². The second kappa shape index (κ2) is 15.5. The van der Waals surface area contributed by atoms with Gasteiger partial charge in [-0.05, 0) is 80.8 Å². The molecule has 1 atom stereocenters. The quantitative estimate of drug-likeness (QED) is 0.327. The number of benzene rings is 2. The first-order chi connectivity index (χ1) is 20.0. The van der Waals surface area contributed by atoms with E-state index in [-0.39, 0.29) is 13.5 Å². The Bertz CT molecular complexity index is 1300. The van der Waals surface area contributed by atoms with Gasteiger partial charge in [-0.1, -0.05) is 30.3 Å². The number of morpholine rings is 1. The Morgan fingerprint density at radius 3 is 2.57 bits per heavy atom. The third kappa shape index (κ3) is 8.52. The molecule has 9 nitrogen and oxygen atoms in total. The zero-order valence-electron chi connectivity index (χ0n) is 24.5. The van der Waals surface area contributed by atoms with Gasteiger partial charge in [0.2, 0.25) is 0 Å². The Morgan fingerprint density at radius 2 is 1.83 bits per heavy atom. The minimum absolute atomic E-state index is 0. The van der Waals surface area contributed by atoms with Crippen LogP contribution < -0.4 is 10.6 Å². The summed E-state index contributed by atoms with van der Waals surface area (Å²) in [6.45, 7) is 7.12. The molecule has 3 N–H and O–H groups in total. The van der Waals surface area contributed by atoms with Crippen LogP contribution in [0.15, 0.2) is 54.7 Å². The Labute approximate surface area is 256 Å². The molecule has 2 aliphatic heterocycles. The molecule has 0 bridgehead atoms. The number of anilines is 1. The molecular weight excluding hydrogens is 548 g/mol. The van der Waals surface area contributed by atoms with E-state index in [9.17, 15) is 9.90 Å². The van der Waals surface area contributed by atoms with Crippen molar-refractivity contribution in [1.29, 1.82) is 0 Å². The summed E-state index contributed by atoms with van der Waals surface area (Å²) in [6.07, 6.45) is 5.06. The molecule has 0 amide bonds. The van der Waals surface area contributed by atoms with Gasteiger partial charge in [0, 0.05) is 50.0 Å². The van der Waals surface area contributed by atoms with Crippen molar-refractivity contribution in [2.75, 3.05) is 57.9 Å². The number of rotatable bonds is 12. The van der Waals surface area contributed by atoms with Crippen molar-refractivity contribution in [1.82, 2.24) is 19.8 Å². The molecule has 3 heterocycles. The van der Waals surface area contributed by atoms with Crippen LogP contribution in [0.5, 0.6) is 0 Å². The first-order valence-corrected chi connectivity index (χ1v) is 14.7. The summed E-state index contributed by atoms with van der Waals surface area (Å²) < 4.78 is 5.58. The lowest BCUT2D eigenvalue weighted by Gasteiger charge is -2.30. The van der Waals surface area contributed by atoms with Crippen LogP contribution in [0.25, 0.3) is 11.3 Å². The zero-order valence-corrected chi connectivity index (χ0v) is 25.5. The average molecular weight is 593 g/mol. The van der Waals surface area contributed by atoms with E-state index in [2.05, 4.69) is 69.2 Å². The van der Waals surface area contributed by atoms with Crippen LogP contribution in [0.3, 0.4) is 0 Å². The third-order valence-electron chi connectivity index (χ3n) is 7.96. The molecular formula is C32H44N6O3S. The predicted octanol–water partition coefficient (Wildman–Crippen LogP) is 3.51. The molecule has 3 aromatic rings. The Kier molecular flexibility index (Phi) is 11.7. The average Bonchev–Trinajstić information content (AvgIpc) is 3.45. The van der Waals surface area contributed by atoms with Gasteiger partial charge in [-0.15, -0.1) is 0 Å². The number of nitrogens with two attached hydrogens (primary N) is 1. The SMILES string of the molecule is CN(CCCN)Cc1ccc(-c2ccnc(Cc3cc(CN4CCCC4C(=O)O)cc(N4CCOCC4)c3)n2)cc1.S. The van der Waals surface area contributed by atoms with E-state index < -0.39 is 12.0 Å². The molecule has 2 saturated heterocycles. The highest BCUT2D eigenvalue weighted by Crippen LogP contribution is 2.26. The highest BCUT2D eigenvalue weighted by atomic mass is 32.1. The summed E-state index contributed by atoms with van der Waals surface area (Å²) in [5, 5.41) is 9.69. The standard InChI is InChI=1S/C32H42N6O3.H2S/c1-36(12-3-10-33)22-24-5-7-27(8-6-24)29-9-11-34-31(35-29)21-25-18-26(23-38-13-2-4-30(38)32(39)40)20-28(19-25)37-14-16-41-17-15-37;/h5-9,11,18-20,30H,2-4,10,12-17,21-23,33H2,1H3,(H,39,40);1H2. The predicted molar refractivity (Wildman–Crippen MR) is 171 cm³/mol. The van der Waals surface area contributed by atoms with Crippen LogP contribution >= 0.6 is 13.5 Å². The van der Waals surface area contributed by atoms with Gasteiger partial charge in [0.1, 0.15) is 11.9 Å². The minimum Gasteiger partial charge on any atom is -0.480 e. The number of aliphatic carboxylic acids is 1. The molecule has 226 valence electrons. The van der Waals surface area contributed by atoms with Crippen LogP contribution in [-0.4, -0.2) is 89.9 Å². The van der Waals surface area contributed by atoms with E-state index in [1.807, 2.05) is 12.3 Å². The van der Waals surface area contributed by atoms with E-state index in [0.29, 0.717) is 39.1 Å². The van der Waals surface area contributed by atoms with Gasteiger partial charge in [0.25, 0.3) is 0 Å². The Hall–Kier alpha value is -3.02. The maximum absolute atomic E-state index is 11.8. The topological polar surface area (TPSA) is 108 Å². The maximum Gasteiger partial charge on any atom is 0.320 e. The Balaban J connectivity index is 0.00000405. The van der Waals surface area contributed by atoms with Gasteiger partial charge < -0.3 is 25.4 Å². The van der Waals surface area contributed by atoms with Crippen LogP contribution in [0, 0.1) is 0 Å². The Morgan fingerprint density at radius 1 is 1.07 bits per heavy atom. The van der Waals surface area contributed by atoms with Crippen molar-refractivity contribution >= 4 is 25.2 Å². The van der Waals surface area contributed by atoms with Crippen molar-refractivity contribution in [3.63, 3.8) is 0 Å². The molecule has 1 aromatic heterocycles. The number of nitrogens with zero attached hydrogens (tertiary/aromatic N) is 5. The minimum atomic E-state index is -0.732. The zero-order chi connectivity index (χ0) is 28.6. The van der Waals surface area contributed by atoms with Crippen molar-refractivity contribution in [3.05, 3.63) is 77.2 Å². The van der Waals surface area contributed by atoms with E-state index in [1.54, 1.807) is 0 Å². The smallest absolute Gasteiger partial charge is 0.320 e. The molecule has 42 heavy (non-hydrogen) atoms. The fourth-order valence-corrected chi connectivity index (χ4v) is 5.83. The molecule has 1 unspecified atom stereocenters. The lowest BCUT2D eigenvalue weighted by Crippen LogP contribution is -2.37. The summed E-state index contributed by atoms with van der Waals surface area (Å²) in [5.74, 6) is 0.0340. The van der Waals surface area contributed by atoms with E-state index in [4.69, 9.17) is 15.5 Å². The number of carboxylic acid groups (broad SMARTS) is 1. The summed E-state index contributed by atoms with van der Waals surface area (Å²) in [4.78, 5) is 28.0. The molecule has 0 spiro atoms. The second-order valence-corrected chi connectivity index (χ2v) is 11.2. The second-order valence-electron chi connectivity index (χ2n) is 11.2. The van der Waals surface area contributed by atoms with Crippen molar-refractivity contribution in [2.24, 2.45) is 5.73 Å². The van der Waals surface area contributed by atoms with E-state index in [1.165, 1.54) is 5.56 Å². The normalized spacial score (nSPS) is 17.4. The molecule has 2 aliphatic rings. The van der Waals surface area contributed by atoms with Crippen molar-refractivity contribution < 1.29 is 14.6 Å². The largest absolute Gasteiger partial charge is 0.480 e. The number of likely N-dealkylation sites (tertiary alicyclic amines) is 1. The number of ether oxygens (including phenoxy) is 1. The van der Waals surface area contributed by atoms with E-state index in [0.717, 1.165) is 79.5 Å². The van der Waals surface area contributed by atoms with Gasteiger partial charge in [0.15, 0.2) is 0 Å². The fraction of sp³-hybridized carbons (Fsp3) is 0.469. The molecule has 5 rings (SSSR count). The summed E-state index contributed by atoms with van der Waals surface area (Å²) >= 11 is 0. The van der Waals surface area contributed by atoms with Gasteiger partial charge in [0.05, 0.1) is 18.9 Å². The lowest BCUT2D eigenvalue weighted by atomic mass is 10.0. The number of hydrogen-bond acceptors (Lipinski definition) is 8. The van der Waals surface area contributed by atoms with E-state index >= 15 is 0 Å². The molecule has 10 heteroatoms. The summed E-state index contributed by atoms with van der Waals surface area (Å²) in [7, 11) is 2.12. The highest BCUT2D eigenvalue weighted by molar-refractivity contribution is 7.59. The first kappa shape index (κ1) is 31.9. The van der Waals surface area contributed by atoms with Gasteiger partial charge in [-0.25, -0.2) is 9.97 Å². The number of hydrogen-bond donors (Lipinski definition) is 2. The number of aromatic nitrogens is 2. The van der Waals surface area contributed by atoms with Gasteiger partial charge >= 0.3 is 5.97 Å². The van der Waals surface area contributed by atoms with Gasteiger partial charge in [-0.3, -0.25) is 9.69 Å².